The van der Waals surface area contributed by atoms with Crippen molar-refractivity contribution >= 4 is 29.2 Å². The topological polar surface area (TPSA) is 156 Å². The number of nitrogens with zero attached hydrogens (tertiary/aromatic N) is 5. The lowest BCUT2D eigenvalue weighted by atomic mass is 10.1. The molecule has 0 aromatic heterocycles. The van der Waals surface area contributed by atoms with Gasteiger partial charge in [-0.05, 0) is 17.7 Å². The molecule has 11 heteroatoms. The van der Waals surface area contributed by atoms with E-state index in [0.29, 0.717) is 0 Å². The lowest BCUT2D eigenvalue weighted by Crippen LogP contribution is -2.32. The van der Waals surface area contributed by atoms with Gasteiger partial charge in [0, 0.05) is 29.5 Å². The van der Waals surface area contributed by atoms with Crippen molar-refractivity contribution in [1.29, 1.82) is 0 Å². The van der Waals surface area contributed by atoms with Gasteiger partial charge in [0.25, 0.3) is 17.5 Å². The van der Waals surface area contributed by atoms with Crippen LogP contribution in [-0.4, -0.2) is 27.8 Å². The number of nitro benzene ring substituents is 1. The third-order valence-electron chi connectivity index (χ3n) is 2.74. The molecule has 1 aromatic rings. The van der Waals surface area contributed by atoms with Gasteiger partial charge in [-0.25, -0.2) is 4.79 Å². The number of carbonyl (C=O) groups is 3. The van der Waals surface area contributed by atoms with Crippen LogP contribution in [0.2, 0.25) is 0 Å². The molecule has 1 aromatic carbocycles. The number of imide groups is 1. The molecule has 2 rings (SSSR count). The summed E-state index contributed by atoms with van der Waals surface area (Å²) in [7, 11) is 0. The highest BCUT2D eigenvalue weighted by molar-refractivity contribution is 6.03. The Bertz CT molecular complexity index is 722. The van der Waals surface area contributed by atoms with E-state index in [4.69, 9.17) is 5.53 Å². The third-order valence-corrected chi connectivity index (χ3v) is 2.74. The number of benzene rings is 1. The zero-order chi connectivity index (χ0) is 16.3. The van der Waals surface area contributed by atoms with Crippen molar-refractivity contribution in [2.75, 3.05) is 0 Å². The molecule has 0 aliphatic carbocycles. The molecule has 1 aliphatic heterocycles. The second-order valence-electron chi connectivity index (χ2n) is 4.11. The summed E-state index contributed by atoms with van der Waals surface area (Å²) in [6, 6.07) is 3.03. The van der Waals surface area contributed by atoms with E-state index in [1.165, 1.54) is 0 Å². The van der Waals surface area contributed by atoms with Crippen molar-refractivity contribution in [1.82, 2.24) is 5.06 Å². The SMILES string of the molecule is [N-]=[N+]=Nc1ccc([N+](=O)[O-])c(C(=O)ON2C(=O)CCC2=O)c1. The van der Waals surface area contributed by atoms with Gasteiger partial charge in [0.15, 0.2) is 0 Å². The Hall–Kier alpha value is -3.46. The highest BCUT2D eigenvalue weighted by atomic mass is 16.7. The van der Waals surface area contributed by atoms with Crippen molar-refractivity contribution < 1.29 is 24.1 Å². The molecule has 1 saturated heterocycles. The van der Waals surface area contributed by atoms with Crippen LogP contribution < -0.4 is 0 Å². The monoisotopic (exact) mass is 305 g/mol. The molecule has 1 fully saturated rings. The summed E-state index contributed by atoms with van der Waals surface area (Å²) in [5.74, 6) is -2.70. The second-order valence-corrected chi connectivity index (χ2v) is 4.11. The predicted octanol–water partition coefficient (Wildman–Crippen LogP) is 1.76. The summed E-state index contributed by atoms with van der Waals surface area (Å²) in [5, 5.41) is 14.4. The molecule has 0 spiro atoms. The van der Waals surface area contributed by atoms with E-state index >= 15 is 0 Å². The highest BCUT2D eigenvalue weighted by Crippen LogP contribution is 2.26. The number of azide groups is 1. The summed E-state index contributed by atoms with van der Waals surface area (Å²) < 4.78 is 0. The van der Waals surface area contributed by atoms with Crippen molar-refractivity contribution in [3.63, 3.8) is 0 Å². The average Bonchev–Trinajstić information content (AvgIpc) is 2.79. The molecule has 0 bridgehead atoms. The Kier molecular flexibility index (Phi) is 4.00. The minimum Gasteiger partial charge on any atom is -0.325 e. The first kappa shape index (κ1) is 14.9. The summed E-state index contributed by atoms with van der Waals surface area (Å²) >= 11 is 0. The van der Waals surface area contributed by atoms with Crippen molar-refractivity contribution in [3.8, 4) is 0 Å². The van der Waals surface area contributed by atoms with Crippen LogP contribution in [0.5, 0.6) is 0 Å². The molecular formula is C11H7N5O6. The van der Waals surface area contributed by atoms with Gasteiger partial charge in [0.2, 0.25) is 0 Å². The fraction of sp³-hybridized carbons (Fsp3) is 0.182. The molecule has 0 atom stereocenters. The Balaban J connectivity index is 2.36. The fourth-order valence-corrected chi connectivity index (χ4v) is 1.75. The lowest BCUT2D eigenvalue weighted by Gasteiger charge is -2.12. The first-order valence-electron chi connectivity index (χ1n) is 5.85. The number of nitro groups is 1. The summed E-state index contributed by atoms with van der Waals surface area (Å²) in [5.41, 5.74) is 7.13. The largest absolute Gasteiger partial charge is 0.370 e. The maximum absolute atomic E-state index is 12.0. The highest BCUT2D eigenvalue weighted by Gasteiger charge is 2.34. The maximum Gasteiger partial charge on any atom is 0.370 e. The van der Waals surface area contributed by atoms with Gasteiger partial charge in [0.05, 0.1) is 4.92 Å². The molecule has 0 radical (unpaired) electrons. The van der Waals surface area contributed by atoms with Gasteiger partial charge in [-0.2, -0.15) is 0 Å². The van der Waals surface area contributed by atoms with E-state index in [1.807, 2.05) is 0 Å². The molecule has 2 amide bonds. The fourth-order valence-electron chi connectivity index (χ4n) is 1.75. The van der Waals surface area contributed by atoms with Crippen LogP contribution in [0.3, 0.4) is 0 Å². The Morgan fingerprint density at radius 1 is 1.36 bits per heavy atom. The number of hydroxylamine groups is 2. The molecule has 112 valence electrons. The van der Waals surface area contributed by atoms with E-state index in [1.54, 1.807) is 0 Å². The molecular weight excluding hydrogens is 298 g/mol. The second kappa shape index (κ2) is 5.89. The molecule has 11 nitrogen and oxygen atoms in total. The van der Waals surface area contributed by atoms with E-state index in [9.17, 15) is 24.5 Å². The Labute approximate surface area is 121 Å². The van der Waals surface area contributed by atoms with Crippen LogP contribution in [0.1, 0.15) is 23.2 Å². The van der Waals surface area contributed by atoms with E-state index in [-0.39, 0.29) is 23.6 Å². The molecule has 0 unspecified atom stereocenters. The minimum absolute atomic E-state index is 0.0564. The lowest BCUT2D eigenvalue weighted by molar-refractivity contribution is -0.385. The number of amides is 2. The van der Waals surface area contributed by atoms with Gasteiger partial charge in [-0.15, -0.1) is 5.06 Å². The van der Waals surface area contributed by atoms with Crippen LogP contribution in [0, 0.1) is 10.1 Å². The van der Waals surface area contributed by atoms with Crippen LogP contribution in [0.25, 0.3) is 10.4 Å². The predicted molar refractivity (Wildman–Crippen MR) is 68.4 cm³/mol. The first-order chi connectivity index (χ1) is 10.4. The smallest absolute Gasteiger partial charge is 0.325 e. The van der Waals surface area contributed by atoms with Gasteiger partial charge in [-0.3, -0.25) is 19.7 Å². The Morgan fingerprint density at radius 3 is 2.55 bits per heavy atom. The number of carbonyl (C=O) groups excluding carboxylic acids is 3. The van der Waals surface area contributed by atoms with Crippen molar-refractivity contribution in [3.05, 3.63) is 44.3 Å². The molecule has 1 aliphatic rings. The van der Waals surface area contributed by atoms with Gasteiger partial charge in [0.1, 0.15) is 5.56 Å². The Morgan fingerprint density at radius 2 is 2.00 bits per heavy atom. The van der Waals surface area contributed by atoms with Crippen molar-refractivity contribution in [2.24, 2.45) is 5.11 Å². The minimum atomic E-state index is -1.27. The van der Waals surface area contributed by atoms with Crippen LogP contribution in [0.4, 0.5) is 11.4 Å². The van der Waals surface area contributed by atoms with Crippen LogP contribution >= 0.6 is 0 Å². The van der Waals surface area contributed by atoms with Gasteiger partial charge in [-0.1, -0.05) is 5.11 Å². The van der Waals surface area contributed by atoms with Crippen molar-refractivity contribution in [2.45, 2.75) is 12.8 Å². The van der Waals surface area contributed by atoms with Crippen LogP contribution in [0.15, 0.2) is 23.3 Å². The summed E-state index contributed by atoms with van der Waals surface area (Å²) in [6.07, 6.45) is -0.208. The maximum atomic E-state index is 12.0. The molecule has 22 heavy (non-hydrogen) atoms. The quantitative estimate of drug-likeness (QED) is 0.206. The number of hydrogen-bond donors (Lipinski definition) is 0. The summed E-state index contributed by atoms with van der Waals surface area (Å²) in [6.45, 7) is 0. The molecule has 1 heterocycles. The van der Waals surface area contributed by atoms with E-state index in [2.05, 4.69) is 14.9 Å². The molecule has 0 N–H and O–H groups in total. The zero-order valence-electron chi connectivity index (χ0n) is 10.8. The van der Waals surface area contributed by atoms with Gasteiger partial charge >= 0.3 is 5.97 Å². The molecule has 0 saturated carbocycles. The number of hydrogen-bond acceptors (Lipinski definition) is 7. The normalized spacial score (nSPS) is 13.7. The van der Waals surface area contributed by atoms with E-state index in [0.717, 1.165) is 18.2 Å². The standard InChI is InChI=1S/C11H7N5O6/c12-14-13-6-1-2-8(16(20)21)7(5-6)11(19)22-15-9(17)3-4-10(15)18/h1-2,5H,3-4H2. The van der Waals surface area contributed by atoms with E-state index < -0.39 is 34.0 Å². The zero-order valence-corrected chi connectivity index (χ0v) is 10.8. The first-order valence-corrected chi connectivity index (χ1v) is 5.85. The van der Waals surface area contributed by atoms with Crippen LogP contribution in [-0.2, 0) is 14.4 Å². The average molecular weight is 305 g/mol. The number of rotatable bonds is 4. The summed E-state index contributed by atoms with van der Waals surface area (Å²) in [4.78, 5) is 51.9. The van der Waals surface area contributed by atoms with Gasteiger partial charge < -0.3 is 4.84 Å². The third kappa shape index (κ3) is 2.83.